The number of H-pyrrole nitrogens is 2. The van der Waals surface area contributed by atoms with Gasteiger partial charge < -0.3 is 10.3 Å². The molecule has 0 fully saturated rings. The summed E-state index contributed by atoms with van der Waals surface area (Å²) in [6.45, 7) is 0.728. The Bertz CT molecular complexity index is 774. The average molecular weight is 284 g/mol. The normalized spacial score (nSPS) is 18.0. The average Bonchev–Trinajstić information content (AvgIpc) is 3.11. The van der Waals surface area contributed by atoms with Gasteiger partial charge in [0.05, 0.1) is 6.20 Å². The quantitative estimate of drug-likeness (QED) is 0.692. The number of fused-ring (bicyclic) bond motifs is 2. The molecule has 2 heterocycles. The Balaban J connectivity index is 1.45. The lowest BCUT2D eigenvalue weighted by atomic mass is 9.93. The molecule has 21 heavy (non-hydrogen) atoms. The fourth-order valence-corrected chi connectivity index (χ4v) is 3.12. The van der Waals surface area contributed by atoms with E-state index in [2.05, 4.69) is 20.5 Å². The van der Waals surface area contributed by atoms with Crippen molar-refractivity contribution in [1.82, 2.24) is 20.5 Å². The van der Waals surface area contributed by atoms with Gasteiger partial charge in [-0.25, -0.2) is 4.39 Å². The van der Waals surface area contributed by atoms with Crippen molar-refractivity contribution < 1.29 is 4.39 Å². The second-order valence-electron chi connectivity index (χ2n) is 5.69. The van der Waals surface area contributed by atoms with Crippen LogP contribution in [0.4, 0.5) is 4.39 Å². The molecule has 0 aliphatic heterocycles. The van der Waals surface area contributed by atoms with Gasteiger partial charge in [-0.15, -0.1) is 0 Å². The molecule has 0 saturated carbocycles. The third-order valence-corrected chi connectivity index (χ3v) is 4.26. The minimum atomic E-state index is -0.171. The fourth-order valence-electron chi connectivity index (χ4n) is 3.12. The van der Waals surface area contributed by atoms with Crippen LogP contribution in [-0.4, -0.2) is 21.2 Å². The van der Waals surface area contributed by atoms with Crippen LogP contribution in [0, 0.1) is 5.82 Å². The van der Waals surface area contributed by atoms with Gasteiger partial charge >= 0.3 is 0 Å². The first kappa shape index (κ1) is 12.6. The predicted octanol–water partition coefficient (Wildman–Crippen LogP) is 2.68. The van der Waals surface area contributed by atoms with Crippen molar-refractivity contribution in [3.63, 3.8) is 0 Å². The molecular formula is C16H17FN4. The van der Waals surface area contributed by atoms with Crippen molar-refractivity contribution in [2.45, 2.75) is 31.8 Å². The van der Waals surface area contributed by atoms with Crippen LogP contribution in [0.1, 0.15) is 23.4 Å². The van der Waals surface area contributed by atoms with Gasteiger partial charge in [0.1, 0.15) is 5.82 Å². The van der Waals surface area contributed by atoms with Crippen molar-refractivity contribution in [2.75, 3.05) is 0 Å². The van der Waals surface area contributed by atoms with Gasteiger partial charge in [-0.2, -0.15) is 5.10 Å². The molecule has 0 saturated heterocycles. The zero-order valence-electron chi connectivity index (χ0n) is 11.6. The van der Waals surface area contributed by atoms with Crippen molar-refractivity contribution in [3.8, 4) is 0 Å². The Hall–Kier alpha value is -2.14. The lowest BCUT2D eigenvalue weighted by Gasteiger charge is -2.22. The molecule has 3 N–H and O–H groups in total. The molecule has 4 nitrogen and oxygen atoms in total. The Morgan fingerprint density at radius 3 is 3.24 bits per heavy atom. The highest BCUT2D eigenvalue weighted by Crippen LogP contribution is 2.21. The van der Waals surface area contributed by atoms with Crippen molar-refractivity contribution in [3.05, 3.63) is 53.2 Å². The van der Waals surface area contributed by atoms with Crippen molar-refractivity contribution in [2.24, 2.45) is 0 Å². The fraction of sp³-hybridized carbons (Fsp3) is 0.312. The molecule has 1 aliphatic carbocycles. The first-order valence-corrected chi connectivity index (χ1v) is 7.30. The van der Waals surface area contributed by atoms with E-state index in [9.17, 15) is 4.39 Å². The third kappa shape index (κ3) is 2.34. The Morgan fingerprint density at radius 1 is 1.38 bits per heavy atom. The number of halogens is 1. The van der Waals surface area contributed by atoms with Crippen LogP contribution >= 0.6 is 0 Å². The first-order valence-electron chi connectivity index (χ1n) is 7.30. The van der Waals surface area contributed by atoms with Crippen molar-refractivity contribution in [1.29, 1.82) is 0 Å². The molecule has 1 atom stereocenters. The van der Waals surface area contributed by atoms with E-state index in [0.29, 0.717) is 11.4 Å². The summed E-state index contributed by atoms with van der Waals surface area (Å²) in [4.78, 5) is 3.27. The SMILES string of the molecule is Fc1cccc2[nH]c(CN[C@H]3CCc4[nH]ncc4C3)cc12. The summed E-state index contributed by atoms with van der Waals surface area (Å²) in [6, 6.07) is 7.47. The summed E-state index contributed by atoms with van der Waals surface area (Å²) in [5.41, 5.74) is 4.45. The highest BCUT2D eigenvalue weighted by atomic mass is 19.1. The van der Waals surface area contributed by atoms with E-state index in [1.165, 1.54) is 17.3 Å². The minimum absolute atomic E-state index is 0.171. The standard InChI is InChI=1S/C16H17FN4/c17-14-2-1-3-16-13(14)7-12(20-16)9-18-11-4-5-15-10(6-11)8-19-21-15/h1-3,7-8,11,18,20H,4-6,9H2,(H,19,21)/t11-/m0/s1. The smallest absolute Gasteiger partial charge is 0.132 e. The van der Waals surface area contributed by atoms with E-state index in [4.69, 9.17) is 0 Å². The van der Waals surface area contributed by atoms with Gasteiger partial charge in [0.2, 0.25) is 0 Å². The number of hydrogen-bond acceptors (Lipinski definition) is 2. The number of nitrogens with zero attached hydrogens (tertiary/aromatic N) is 1. The van der Waals surface area contributed by atoms with Crippen LogP contribution in [0.3, 0.4) is 0 Å². The molecule has 0 amide bonds. The van der Waals surface area contributed by atoms with Crippen LogP contribution < -0.4 is 5.32 Å². The zero-order valence-corrected chi connectivity index (χ0v) is 11.6. The molecule has 0 unspecified atom stereocenters. The van der Waals surface area contributed by atoms with E-state index in [1.54, 1.807) is 6.07 Å². The number of aryl methyl sites for hydroxylation is 1. The van der Waals surface area contributed by atoms with Crippen LogP contribution in [0.5, 0.6) is 0 Å². The largest absolute Gasteiger partial charge is 0.357 e. The van der Waals surface area contributed by atoms with Gasteiger partial charge in [-0.3, -0.25) is 5.10 Å². The van der Waals surface area contributed by atoms with Gasteiger partial charge in [0.15, 0.2) is 0 Å². The second-order valence-corrected chi connectivity index (χ2v) is 5.69. The first-order chi connectivity index (χ1) is 10.3. The van der Waals surface area contributed by atoms with E-state index in [1.807, 2.05) is 18.3 Å². The molecule has 108 valence electrons. The topological polar surface area (TPSA) is 56.5 Å². The molecule has 0 bridgehead atoms. The summed E-state index contributed by atoms with van der Waals surface area (Å²) in [7, 11) is 0. The van der Waals surface area contributed by atoms with E-state index < -0.39 is 0 Å². The van der Waals surface area contributed by atoms with Gasteiger partial charge in [-0.05, 0) is 43.0 Å². The van der Waals surface area contributed by atoms with Gasteiger partial charge in [-0.1, -0.05) is 6.07 Å². The highest BCUT2D eigenvalue weighted by Gasteiger charge is 2.19. The van der Waals surface area contributed by atoms with Crippen LogP contribution in [-0.2, 0) is 19.4 Å². The van der Waals surface area contributed by atoms with Gasteiger partial charge in [0.25, 0.3) is 0 Å². The molecule has 2 aromatic heterocycles. The molecule has 5 heteroatoms. The summed E-state index contributed by atoms with van der Waals surface area (Å²) < 4.78 is 13.7. The number of hydrogen-bond donors (Lipinski definition) is 3. The van der Waals surface area contributed by atoms with Gasteiger partial charge in [0, 0.05) is 34.9 Å². The third-order valence-electron chi connectivity index (χ3n) is 4.26. The van der Waals surface area contributed by atoms with Crippen molar-refractivity contribution >= 4 is 10.9 Å². The molecule has 1 aliphatic rings. The molecule has 1 aromatic carbocycles. The summed E-state index contributed by atoms with van der Waals surface area (Å²) in [5.74, 6) is -0.171. The maximum Gasteiger partial charge on any atom is 0.132 e. The summed E-state index contributed by atoms with van der Waals surface area (Å²) >= 11 is 0. The second kappa shape index (κ2) is 5.00. The van der Waals surface area contributed by atoms with E-state index in [-0.39, 0.29) is 5.82 Å². The lowest BCUT2D eigenvalue weighted by molar-refractivity contribution is 0.453. The number of rotatable bonds is 3. The summed E-state index contributed by atoms with van der Waals surface area (Å²) in [6.07, 6.45) is 5.06. The number of aromatic nitrogens is 3. The lowest BCUT2D eigenvalue weighted by Crippen LogP contribution is -2.33. The van der Waals surface area contributed by atoms with E-state index >= 15 is 0 Å². The highest BCUT2D eigenvalue weighted by molar-refractivity contribution is 5.80. The summed E-state index contributed by atoms with van der Waals surface area (Å²) in [5, 5.41) is 11.4. The maximum absolute atomic E-state index is 13.7. The minimum Gasteiger partial charge on any atom is -0.357 e. The molecule has 0 spiro atoms. The molecule has 0 radical (unpaired) electrons. The predicted molar refractivity (Wildman–Crippen MR) is 79.5 cm³/mol. The van der Waals surface area contributed by atoms with Crippen LogP contribution in [0.15, 0.2) is 30.5 Å². The molecular weight excluding hydrogens is 267 g/mol. The Kier molecular flexibility index (Phi) is 3.00. The number of nitrogens with one attached hydrogen (secondary N) is 3. The Labute approximate surface area is 121 Å². The molecule has 3 aromatic rings. The van der Waals surface area contributed by atoms with E-state index in [0.717, 1.165) is 37.0 Å². The maximum atomic E-state index is 13.7. The Morgan fingerprint density at radius 2 is 2.33 bits per heavy atom. The number of benzene rings is 1. The van der Waals surface area contributed by atoms with Crippen LogP contribution in [0.25, 0.3) is 10.9 Å². The number of aromatic amines is 2. The van der Waals surface area contributed by atoms with Crippen LogP contribution in [0.2, 0.25) is 0 Å². The molecule has 4 rings (SSSR count). The zero-order chi connectivity index (χ0) is 14.2. The monoisotopic (exact) mass is 284 g/mol.